The predicted octanol–water partition coefficient (Wildman–Crippen LogP) is 4.95. The number of anilines is 1. The first-order valence-corrected chi connectivity index (χ1v) is 12.4. The van der Waals surface area contributed by atoms with E-state index in [1.54, 1.807) is 30.6 Å². The molecule has 0 unspecified atom stereocenters. The lowest BCUT2D eigenvalue weighted by molar-refractivity contribution is 0.0996. The van der Waals surface area contributed by atoms with E-state index in [1.165, 1.54) is 16.7 Å². The molecule has 1 amide bonds. The number of benzene rings is 1. The number of nitrogens with zero attached hydrogens (tertiary/aromatic N) is 2. The van der Waals surface area contributed by atoms with E-state index < -0.39 is 0 Å². The van der Waals surface area contributed by atoms with Gasteiger partial charge in [0.15, 0.2) is 17.3 Å². The number of aryl methyl sites for hydroxylation is 1. The molecule has 7 nitrogen and oxygen atoms in total. The normalized spacial score (nSPS) is 15.8. The summed E-state index contributed by atoms with van der Waals surface area (Å²) in [6.07, 6.45) is 1.51. The molecule has 0 bridgehead atoms. The number of hydrogen-bond acceptors (Lipinski definition) is 7. The molecule has 0 aliphatic carbocycles. The third kappa shape index (κ3) is 4.99. The van der Waals surface area contributed by atoms with E-state index in [0.29, 0.717) is 18.1 Å². The Morgan fingerprint density at radius 2 is 1.94 bits per heavy atom. The van der Waals surface area contributed by atoms with Crippen LogP contribution in [0.3, 0.4) is 0 Å². The number of rotatable bonds is 8. The topological polar surface area (TPSA) is 67.2 Å². The molecule has 0 radical (unpaired) electrons. The third-order valence-electron chi connectivity index (χ3n) is 6.38. The summed E-state index contributed by atoms with van der Waals surface area (Å²) < 4.78 is 16.8. The molecule has 3 heterocycles. The average Bonchev–Trinajstić information content (AvgIpc) is 3.46. The minimum atomic E-state index is -0.242. The van der Waals surface area contributed by atoms with Gasteiger partial charge >= 0.3 is 0 Å². The molecule has 3 aromatic rings. The first-order chi connectivity index (χ1) is 16.4. The Kier molecular flexibility index (Phi) is 7.60. The standard InChI is InChI=1S/C26H33N3O4S/c1-6-32-20-10-9-19(16-22(20)31-5)24(29-13-11-28(4)12-14-29)23-17(2)18(3)34-26(23)27-25(30)21-8-7-15-33-21/h7-10,15-16,24H,6,11-14H2,1-5H3,(H,27,30)/t24-/m1/s1. The van der Waals surface area contributed by atoms with Crippen LogP contribution >= 0.6 is 11.3 Å². The third-order valence-corrected chi connectivity index (χ3v) is 7.52. The van der Waals surface area contributed by atoms with Gasteiger partial charge in [-0.15, -0.1) is 11.3 Å². The van der Waals surface area contributed by atoms with Crippen LogP contribution in [-0.4, -0.2) is 62.7 Å². The van der Waals surface area contributed by atoms with Crippen LogP contribution in [-0.2, 0) is 0 Å². The van der Waals surface area contributed by atoms with Crippen molar-refractivity contribution in [3.63, 3.8) is 0 Å². The van der Waals surface area contributed by atoms with E-state index in [2.05, 4.69) is 48.1 Å². The number of ether oxygens (including phenoxy) is 2. The van der Waals surface area contributed by atoms with Gasteiger partial charge in [0.1, 0.15) is 5.00 Å². The lowest BCUT2D eigenvalue weighted by Crippen LogP contribution is -2.46. The fourth-order valence-corrected chi connectivity index (χ4v) is 5.50. The molecule has 4 rings (SSSR count). The number of carbonyl (C=O) groups excluding carboxylic acids is 1. The van der Waals surface area contributed by atoms with E-state index in [4.69, 9.17) is 13.9 Å². The van der Waals surface area contributed by atoms with Crippen molar-refractivity contribution in [3.05, 3.63) is 63.9 Å². The van der Waals surface area contributed by atoms with Crippen molar-refractivity contribution in [2.24, 2.45) is 0 Å². The van der Waals surface area contributed by atoms with Crippen molar-refractivity contribution in [1.82, 2.24) is 9.80 Å². The van der Waals surface area contributed by atoms with Crippen LogP contribution in [0.4, 0.5) is 5.00 Å². The molecule has 1 aliphatic rings. The van der Waals surface area contributed by atoms with Gasteiger partial charge in [0, 0.05) is 36.6 Å². The van der Waals surface area contributed by atoms with Gasteiger partial charge in [0.05, 0.1) is 26.0 Å². The summed E-state index contributed by atoms with van der Waals surface area (Å²) in [5.41, 5.74) is 3.42. The number of methoxy groups -OCH3 is 1. The zero-order valence-electron chi connectivity index (χ0n) is 20.5. The van der Waals surface area contributed by atoms with Gasteiger partial charge in [-0.3, -0.25) is 9.69 Å². The van der Waals surface area contributed by atoms with E-state index in [-0.39, 0.29) is 11.9 Å². The maximum atomic E-state index is 12.9. The lowest BCUT2D eigenvalue weighted by Gasteiger charge is -2.39. The Morgan fingerprint density at radius 3 is 2.59 bits per heavy atom. The highest BCUT2D eigenvalue weighted by Crippen LogP contribution is 2.44. The summed E-state index contributed by atoms with van der Waals surface area (Å²) >= 11 is 1.61. The lowest BCUT2D eigenvalue weighted by atomic mass is 9.94. The Morgan fingerprint density at radius 1 is 1.18 bits per heavy atom. The van der Waals surface area contributed by atoms with Gasteiger partial charge in [-0.25, -0.2) is 0 Å². The minimum absolute atomic E-state index is 0.0323. The fourth-order valence-electron chi connectivity index (χ4n) is 4.41. The zero-order chi connectivity index (χ0) is 24.2. The molecular weight excluding hydrogens is 450 g/mol. The Balaban J connectivity index is 1.79. The van der Waals surface area contributed by atoms with E-state index >= 15 is 0 Å². The maximum Gasteiger partial charge on any atom is 0.291 e. The summed E-state index contributed by atoms with van der Waals surface area (Å²) in [6, 6.07) is 9.53. The van der Waals surface area contributed by atoms with Crippen molar-refractivity contribution in [1.29, 1.82) is 0 Å². The number of nitrogens with one attached hydrogen (secondary N) is 1. The van der Waals surface area contributed by atoms with Crippen LogP contribution in [0.2, 0.25) is 0 Å². The van der Waals surface area contributed by atoms with Crippen molar-refractivity contribution in [3.8, 4) is 11.5 Å². The monoisotopic (exact) mass is 483 g/mol. The molecule has 1 saturated heterocycles. The number of thiophene rings is 1. The van der Waals surface area contributed by atoms with Crippen LogP contribution in [0.5, 0.6) is 11.5 Å². The zero-order valence-corrected chi connectivity index (χ0v) is 21.3. The molecule has 1 aliphatic heterocycles. The van der Waals surface area contributed by atoms with Gasteiger partial charge in [-0.05, 0) is 63.2 Å². The van der Waals surface area contributed by atoms with Crippen molar-refractivity contribution >= 4 is 22.2 Å². The van der Waals surface area contributed by atoms with E-state index in [9.17, 15) is 4.79 Å². The molecule has 1 N–H and O–H groups in total. The molecule has 2 aromatic heterocycles. The van der Waals surface area contributed by atoms with Crippen LogP contribution in [0.25, 0.3) is 0 Å². The highest BCUT2D eigenvalue weighted by molar-refractivity contribution is 7.16. The van der Waals surface area contributed by atoms with Gasteiger partial charge in [-0.1, -0.05) is 6.07 Å². The summed E-state index contributed by atoms with van der Waals surface area (Å²) in [4.78, 5) is 18.9. The number of piperazine rings is 1. The molecule has 34 heavy (non-hydrogen) atoms. The molecule has 1 atom stereocenters. The Labute approximate surface area is 205 Å². The second kappa shape index (κ2) is 10.6. The summed E-state index contributed by atoms with van der Waals surface area (Å²) in [5, 5.41) is 3.98. The number of likely N-dealkylation sites (N-methyl/N-ethyl adjacent to an activating group) is 1. The first-order valence-electron chi connectivity index (χ1n) is 11.6. The molecule has 1 fully saturated rings. The van der Waals surface area contributed by atoms with Crippen molar-refractivity contribution in [2.45, 2.75) is 26.8 Å². The smallest absolute Gasteiger partial charge is 0.291 e. The van der Waals surface area contributed by atoms with E-state index in [0.717, 1.165) is 48.1 Å². The molecule has 8 heteroatoms. The number of amides is 1. The quantitative estimate of drug-likeness (QED) is 0.489. The van der Waals surface area contributed by atoms with Crippen molar-refractivity contribution < 1.29 is 18.7 Å². The number of carbonyl (C=O) groups is 1. The van der Waals surface area contributed by atoms with Gasteiger partial charge in [0.2, 0.25) is 0 Å². The van der Waals surface area contributed by atoms with Crippen LogP contribution in [0.1, 0.15) is 45.1 Å². The summed E-state index contributed by atoms with van der Waals surface area (Å²) in [5.74, 6) is 1.50. The van der Waals surface area contributed by atoms with E-state index in [1.807, 2.05) is 13.0 Å². The number of furan rings is 1. The predicted molar refractivity (Wildman–Crippen MR) is 136 cm³/mol. The van der Waals surface area contributed by atoms with Crippen LogP contribution < -0.4 is 14.8 Å². The van der Waals surface area contributed by atoms with Gasteiger partial charge in [-0.2, -0.15) is 0 Å². The Bertz CT molecular complexity index is 1120. The van der Waals surface area contributed by atoms with Gasteiger partial charge < -0.3 is 24.1 Å². The minimum Gasteiger partial charge on any atom is -0.493 e. The van der Waals surface area contributed by atoms with Gasteiger partial charge in [0.25, 0.3) is 5.91 Å². The molecule has 1 aromatic carbocycles. The highest BCUT2D eigenvalue weighted by Gasteiger charge is 2.32. The van der Waals surface area contributed by atoms with Crippen LogP contribution in [0, 0.1) is 13.8 Å². The summed E-state index contributed by atoms with van der Waals surface area (Å²) in [7, 11) is 3.82. The second-order valence-corrected chi connectivity index (χ2v) is 9.77. The highest BCUT2D eigenvalue weighted by atomic mass is 32.1. The SMILES string of the molecule is CCOc1ccc([C@H](c2c(NC(=O)c3ccco3)sc(C)c2C)N2CCN(C)CC2)cc1OC. The summed E-state index contributed by atoms with van der Waals surface area (Å²) in [6.45, 7) is 10.6. The molecule has 182 valence electrons. The first kappa shape index (κ1) is 24.3. The molecule has 0 spiro atoms. The molecular formula is C26H33N3O4S. The molecule has 0 saturated carbocycles. The van der Waals surface area contributed by atoms with Crippen LogP contribution in [0.15, 0.2) is 41.0 Å². The van der Waals surface area contributed by atoms with Crippen molar-refractivity contribution in [2.75, 3.05) is 52.3 Å². The number of hydrogen-bond donors (Lipinski definition) is 1. The largest absolute Gasteiger partial charge is 0.493 e. The average molecular weight is 484 g/mol. The Hall–Kier alpha value is -2.81. The second-order valence-electron chi connectivity index (χ2n) is 8.54. The maximum absolute atomic E-state index is 12.9. The fraction of sp³-hybridized carbons (Fsp3) is 0.423.